The average molecular weight is 447 g/mol. The highest BCUT2D eigenvalue weighted by atomic mass is 16.6. The molecule has 0 bridgehead atoms. The van der Waals surface area contributed by atoms with Crippen molar-refractivity contribution < 1.29 is 19.4 Å². The number of amides is 2. The number of phenolic OH excluding ortho intramolecular Hbond substituents is 1. The Morgan fingerprint density at radius 1 is 0.909 bits per heavy atom. The van der Waals surface area contributed by atoms with Gasteiger partial charge in [0.05, 0.1) is 5.69 Å². The fourth-order valence-corrected chi connectivity index (χ4v) is 3.42. The summed E-state index contributed by atoms with van der Waals surface area (Å²) in [6, 6.07) is 21.6. The topological polar surface area (TPSA) is 87.7 Å². The van der Waals surface area contributed by atoms with Crippen LogP contribution in [0, 0.1) is 0 Å². The number of carbonyl (C=O) groups is 2. The van der Waals surface area contributed by atoms with Crippen LogP contribution in [0.3, 0.4) is 0 Å². The maximum absolute atomic E-state index is 12.4. The second kappa shape index (κ2) is 11.7. The number of benzene rings is 3. The van der Waals surface area contributed by atoms with E-state index in [1.165, 1.54) is 11.6 Å². The smallest absolute Gasteiger partial charge is 0.408 e. The van der Waals surface area contributed by atoms with Crippen molar-refractivity contribution in [2.75, 3.05) is 5.32 Å². The number of ether oxygens (including phenoxy) is 1. The number of phenols is 1. The quantitative estimate of drug-likeness (QED) is 0.353. The Morgan fingerprint density at radius 2 is 1.58 bits per heavy atom. The van der Waals surface area contributed by atoms with Gasteiger partial charge < -0.3 is 20.5 Å². The summed E-state index contributed by atoms with van der Waals surface area (Å²) < 4.78 is 5.67. The number of alkyl carbamates (subject to hydrolysis) is 1. The van der Waals surface area contributed by atoms with Crippen molar-refractivity contribution >= 4 is 17.7 Å². The summed E-state index contributed by atoms with van der Waals surface area (Å²) in [6.07, 6.45) is 1.85. The van der Waals surface area contributed by atoms with E-state index in [1.807, 2.05) is 12.1 Å². The Bertz CT molecular complexity index is 1060. The molecule has 3 rings (SSSR count). The predicted octanol–water partition coefficient (Wildman–Crippen LogP) is 5.97. The van der Waals surface area contributed by atoms with Crippen LogP contribution in [0.4, 0.5) is 10.5 Å². The van der Waals surface area contributed by atoms with Crippen LogP contribution in [-0.2, 0) is 17.7 Å². The van der Waals surface area contributed by atoms with E-state index < -0.39 is 6.09 Å². The Kier molecular flexibility index (Phi) is 8.47. The molecule has 3 aromatic carbocycles. The summed E-state index contributed by atoms with van der Waals surface area (Å²) in [5, 5.41) is 15.3. The molecule has 6 nitrogen and oxygen atoms in total. The molecule has 1 atom stereocenters. The van der Waals surface area contributed by atoms with E-state index in [9.17, 15) is 14.7 Å². The number of aryl methyl sites for hydroxylation is 1. The standard InChI is InChI=1S/C27H30N2O4/c1-3-7-25(21-14-10-19(4-2)11-15-21)33-27(32)28-18-20-12-16-22(17-13-20)26(31)29-23-8-5-6-9-24(23)30/h5-6,8-17,25,30H,3-4,7,18H2,1-2H3,(H,28,32)(H,29,31)/t25-/m1/s1. The molecule has 0 aliphatic carbocycles. The molecule has 0 aromatic heterocycles. The van der Waals surface area contributed by atoms with E-state index in [1.54, 1.807) is 42.5 Å². The molecule has 0 fully saturated rings. The number of aromatic hydroxyl groups is 1. The molecule has 0 spiro atoms. The molecule has 0 unspecified atom stereocenters. The van der Waals surface area contributed by atoms with E-state index in [2.05, 4.69) is 36.6 Å². The van der Waals surface area contributed by atoms with Crippen molar-refractivity contribution in [3.05, 3.63) is 95.1 Å². The van der Waals surface area contributed by atoms with E-state index >= 15 is 0 Å². The zero-order chi connectivity index (χ0) is 23.6. The first-order valence-electron chi connectivity index (χ1n) is 11.2. The third-order valence-corrected chi connectivity index (χ3v) is 5.37. The lowest BCUT2D eigenvalue weighted by molar-refractivity contribution is 0.0915. The third-order valence-electron chi connectivity index (χ3n) is 5.37. The summed E-state index contributed by atoms with van der Waals surface area (Å²) >= 11 is 0. The first-order valence-corrected chi connectivity index (χ1v) is 11.2. The number of para-hydroxylation sites is 2. The summed E-state index contributed by atoms with van der Waals surface area (Å²) in [6.45, 7) is 4.45. The van der Waals surface area contributed by atoms with Crippen LogP contribution in [0.1, 0.15) is 59.8 Å². The molecule has 0 saturated carbocycles. The third kappa shape index (κ3) is 6.84. The van der Waals surface area contributed by atoms with Gasteiger partial charge >= 0.3 is 6.09 Å². The van der Waals surface area contributed by atoms with Crippen LogP contribution in [-0.4, -0.2) is 17.1 Å². The van der Waals surface area contributed by atoms with Crippen LogP contribution < -0.4 is 10.6 Å². The summed E-state index contributed by atoms with van der Waals surface area (Å²) in [5.41, 5.74) is 3.87. The van der Waals surface area contributed by atoms with Gasteiger partial charge in [-0.15, -0.1) is 0 Å². The van der Waals surface area contributed by atoms with Gasteiger partial charge in [0.1, 0.15) is 11.9 Å². The molecular formula is C27H30N2O4. The molecule has 0 heterocycles. The lowest BCUT2D eigenvalue weighted by Crippen LogP contribution is -2.25. The average Bonchev–Trinajstić information content (AvgIpc) is 2.84. The van der Waals surface area contributed by atoms with Gasteiger partial charge in [0.15, 0.2) is 0 Å². The minimum absolute atomic E-state index is 0.00728. The van der Waals surface area contributed by atoms with Gasteiger partial charge in [-0.25, -0.2) is 4.79 Å². The minimum atomic E-state index is -0.477. The van der Waals surface area contributed by atoms with Crippen molar-refractivity contribution in [1.29, 1.82) is 0 Å². The van der Waals surface area contributed by atoms with Crippen molar-refractivity contribution in [3.8, 4) is 5.75 Å². The van der Waals surface area contributed by atoms with Gasteiger partial charge in [0.2, 0.25) is 0 Å². The SMILES string of the molecule is CCC[C@@H](OC(=O)NCc1ccc(C(=O)Nc2ccccc2O)cc1)c1ccc(CC)cc1. The van der Waals surface area contributed by atoms with E-state index in [4.69, 9.17) is 4.74 Å². The van der Waals surface area contributed by atoms with E-state index in [-0.39, 0.29) is 24.3 Å². The minimum Gasteiger partial charge on any atom is -0.506 e. The van der Waals surface area contributed by atoms with Gasteiger partial charge in [-0.05, 0) is 53.8 Å². The Morgan fingerprint density at radius 3 is 2.21 bits per heavy atom. The van der Waals surface area contributed by atoms with Gasteiger partial charge in [-0.2, -0.15) is 0 Å². The highest BCUT2D eigenvalue weighted by Gasteiger charge is 2.16. The summed E-state index contributed by atoms with van der Waals surface area (Å²) in [5.74, 6) is -0.320. The maximum atomic E-state index is 12.4. The summed E-state index contributed by atoms with van der Waals surface area (Å²) in [7, 11) is 0. The van der Waals surface area contributed by atoms with E-state index in [0.29, 0.717) is 11.3 Å². The number of carbonyl (C=O) groups excluding carboxylic acids is 2. The normalized spacial score (nSPS) is 11.5. The molecule has 3 aromatic rings. The molecule has 0 radical (unpaired) electrons. The number of anilines is 1. The molecule has 0 saturated heterocycles. The van der Waals surface area contributed by atoms with Gasteiger partial charge in [-0.3, -0.25) is 4.79 Å². The molecule has 0 aliphatic rings. The van der Waals surface area contributed by atoms with Crippen molar-refractivity contribution in [2.24, 2.45) is 0 Å². The van der Waals surface area contributed by atoms with Crippen LogP contribution >= 0.6 is 0 Å². The fourth-order valence-electron chi connectivity index (χ4n) is 3.42. The zero-order valence-electron chi connectivity index (χ0n) is 19.0. The van der Waals surface area contributed by atoms with Crippen molar-refractivity contribution in [3.63, 3.8) is 0 Å². The fraction of sp³-hybridized carbons (Fsp3) is 0.259. The molecular weight excluding hydrogens is 416 g/mol. The van der Waals surface area contributed by atoms with Crippen LogP contribution in [0.5, 0.6) is 5.75 Å². The lowest BCUT2D eigenvalue weighted by Gasteiger charge is -2.18. The van der Waals surface area contributed by atoms with E-state index in [0.717, 1.165) is 30.4 Å². The highest BCUT2D eigenvalue weighted by Crippen LogP contribution is 2.24. The number of nitrogens with one attached hydrogen (secondary N) is 2. The number of hydrogen-bond acceptors (Lipinski definition) is 4. The van der Waals surface area contributed by atoms with Crippen LogP contribution in [0.15, 0.2) is 72.8 Å². The van der Waals surface area contributed by atoms with Gasteiger partial charge in [-0.1, -0.05) is 68.8 Å². The van der Waals surface area contributed by atoms with Gasteiger partial charge in [0.25, 0.3) is 5.91 Å². The Hall–Kier alpha value is -3.80. The van der Waals surface area contributed by atoms with Crippen LogP contribution in [0.2, 0.25) is 0 Å². The second-order valence-corrected chi connectivity index (χ2v) is 7.80. The monoisotopic (exact) mass is 446 g/mol. The Balaban J connectivity index is 1.53. The largest absolute Gasteiger partial charge is 0.506 e. The Labute approximate surface area is 194 Å². The molecule has 0 aliphatic heterocycles. The first-order chi connectivity index (χ1) is 16.0. The molecule has 172 valence electrons. The second-order valence-electron chi connectivity index (χ2n) is 7.80. The zero-order valence-corrected chi connectivity index (χ0v) is 19.0. The first kappa shape index (κ1) is 23.9. The maximum Gasteiger partial charge on any atom is 0.408 e. The number of hydrogen-bond donors (Lipinski definition) is 3. The highest BCUT2D eigenvalue weighted by molar-refractivity contribution is 6.05. The molecule has 3 N–H and O–H groups in total. The molecule has 2 amide bonds. The molecule has 33 heavy (non-hydrogen) atoms. The van der Waals surface area contributed by atoms with Gasteiger partial charge in [0, 0.05) is 12.1 Å². The van der Waals surface area contributed by atoms with Crippen LogP contribution in [0.25, 0.3) is 0 Å². The lowest BCUT2D eigenvalue weighted by atomic mass is 10.0. The predicted molar refractivity (Wildman–Crippen MR) is 129 cm³/mol. The van der Waals surface area contributed by atoms with Crippen molar-refractivity contribution in [1.82, 2.24) is 5.32 Å². The van der Waals surface area contributed by atoms with Crippen molar-refractivity contribution in [2.45, 2.75) is 45.8 Å². The summed E-state index contributed by atoms with van der Waals surface area (Å²) in [4.78, 5) is 24.8. The molecule has 6 heteroatoms. The number of rotatable bonds is 9.